The summed E-state index contributed by atoms with van der Waals surface area (Å²) >= 11 is 3.54. The Bertz CT molecular complexity index is 1480. The van der Waals surface area contributed by atoms with Gasteiger partial charge >= 0.3 is 0 Å². The fraction of sp³-hybridized carbons (Fsp3) is 0.448. The lowest BCUT2D eigenvalue weighted by molar-refractivity contribution is 0.453. The summed E-state index contributed by atoms with van der Waals surface area (Å²) in [5.74, 6) is 1.36. The molecule has 3 saturated carbocycles. The predicted molar refractivity (Wildman–Crippen MR) is 145 cm³/mol. The first-order valence-electron chi connectivity index (χ1n) is 13.3. The Morgan fingerprint density at radius 2 is 1.57 bits per heavy atom. The average Bonchev–Trinajstić information content (AvgIpc) is 3.53. The van der Waals surface area contributed by atoms with E-state index in [0.717, 1.165) is 74.9 Å². The Labute approximate surface area is 223 Å². The van der Waals surface area contributed by atoms with E-state index in [1.807, 2.05) is 11.8 Å². The van der Waals surface area contributed by atoms with Gasteiger partial charge in [0.25, 0.3) is 0 Å². The van der Waals surface area contributed by atoms with Crippen LogP contribution < -0.4 is 0 Å². The van der Waals surface area contributed by atoms with E-state index >= 15 is 4.39 Å². The van der Waals surface area contributed by atoms with E-state index in [1.165, 1.54) is 37.8 Å². The summed E-state index contributed by atoms with van der Waals surface area (Å²) in [4.78, 5) is 18.1. The second-order valence-corrected chi connectivity index (χ2v) is 13.4. The molecule has 2 bridgehead atoms. The minimum atomic E-state index is -0.282. The summed E-state index contributed by atoms with van der Waals surface area (Å²) in [6, 6.07) is 7.97. The lowest BCUT2D eigenvalue weighted by Gasteiger charge is -2.29. The predicted octanol–water partition coefficient (Wildman–Crippen LogP) is 7.95. The van der Waals surface area contributed by atoms with Gasteiger partial charge in [-0.15, -0.1) is 23.5 Å². The first-order valence-corrected chi connectivity index (χ1v) is 15.0. The number of aromatic nitrogens is 4. The van der Waals surface area contributed by atoms with E-state index in [1.54, 1.807) is 42.6 Å². The SMILES string of the molecule is Fc1ccc2ncnc(SC3CCCC(c4cc(F)cc5c(SC6CC7CCC6C7)ncnc45)C3)c2c1. The van der Waals surface area contributed by atoms with Crippen LogP contribution in [-0.2, 0) is 0 Å². The van der Waals surface area contributed by atoms with E-state index in [0.29, 0.717) is 10.5 Å². The van der Waals surface area contributed by atoms with Crippen LogP contribution in [0, 0.1) is 23.5 Å². The van der Waals surface area contributed by atoms with Crippen LogP contribution >= 0.6 is 23.5 Å². The quantitative estimate of drug-likeness (QED) is 0.242. The number of hydrogen-bond donors (Lipinski definition) is 0. The molecule has 7 rings (SSSR count). The second kappa shape index (κ2) is 9.77. The number of thioether (sulfide) groups is 2. The molecule has 5 atom stereocenters. The molecule has 0 radical (unpaired) electrons. The van der Waals surface area contributed by atoms with Crippen molar-refractivity contribution in [3.05, 3.63) is 60.2 Å². The molecule has 4 aromatic rings. The molecule has 2 heterocycles. The molecule has 2 aromatic heterocycles. The van der Waals surface area contributed by atoms with Gasteiger partial charge in [-0.3, -0.25) is 0 Å². The normalized spacial score (nSPS) is 27.4. The Balaban J connectivity index is 1.17. The highest BCUT2D eigenvalue weighted by atomic mass is 32.2. The number of hydrogen-bond acceptors (Lipinski definition) is 6. The summed E-state index contributed by atoms with van der Waals surface area (Å²) in [6.07, 6.45) is 12.5. The van der Waals surface area contributed by atoms with E-state index in [2.05, 4.69) is 19.9 Å². The van der Waals surface area contributed by atoms with Crippen LogP contribution in [0.2, 0.25) is 0 Å². The molecule has 37 heavy (non-hydrogen) atoms. The molecular formula is C29H28F2N4S2. The highest BCUT2D eigenvalue weighted by Crippen LogP contribution is 2.52. The van der Waals surface area contributed by atoms with Crippen molar-refractivity contribution in [3.63, 3.8) is 0 Å². The summed E-state index contributed by atoms with van der Waals surface area (Å²) in [7, 11) is 0. The van der Waals surface area contributed by atoms with Gasteiger partial charge in [0.2, 0.25) is 0 Å². The summed E-state index contributed by atoms with van der Waals surface area (Å²) < 4.78 is 29.0. The fourth-order valence-electron chi connectivity index (χ4n) is 6.81. The Morgan fingerprint density at radius 1 is 0.730 bits per heavy atom. The molecule has 3 aliphatic rings. The molecule has 2 aromatic carbocycles. The third-order valence-corrected chi connectivity index (χ3v) is 11.3. The number of rotatable bonds is 5. The first-order chi connectivity index (χ1) is 18.1. The van der Waals surface area contributed by atoms with Crippen molar-refractivity contribution in [2.24, 2.45) is 11.8 Å². The summed E-state index contributed by atoms with van der Waals surface area (Å²) in [5, 5.41) is 4.25. The van der Waals surface area contributed by atoms with Crippen molar-refractivity contribution < 1.29 is 8.78 Å². The molecule has 3 fully saturated rings. The van der Waals surface area contributed by atoms with E-state index in [-0.39, 0.29) is 17.6 Å². The zero-order valence-electron chi connectivity index (χ0n) is 20.4. The minimum absolute atomic E-state index is 0.209. The largest absolute Gasteiger partial charge is 0.236 e. The van der Waals surface area contributed by atoms with Crippen LogP contribution in [0.25, 0.3) is 21.8 Å². The van der Waals surface area contributed by atoms with Crippen molar-refractivity contribution in [3.8, 4) is 0 Å². The van der Waals surface area contributed by atoms with Crippen molar-refractivity contribution >= 4 is 45.3 Å². The molecule has 0 spiro atoms. The molecular weight excluding hydrogens is 506 g/mol. The van der Waals surface area contributed by atoms with Gasteiger partial charge in [0.05, 0.1) is 11.0 Å². The topological polar surface area (TPSA) is 51.6 Å². The Kier molecular flexibility index (Phi) is 6.28. The number of fused-ring (bicyclic) bond motifs is 4. The third-order valence-electron chi connectivity index (χ3n) is 8.54. The maximum absolute atomic E-state index is 15.0. The van der Waals surface area contributed by atoms with Gasteiger partial charge in [0.15, 0.2) is 0 Å². The maximum Gasteiger partial charge on any atom is 0.124 e. The van der Waals surface area contributed by atoms with Crippen molar-refractivity contribution in [2.75, 3.05) is 0 Å². The number of nitrogens with zero attached hydrogens (tertiary/aromatic N) is 4. The second-order valence-electron chi connectivity index (χ2n) is 10.8. The highest BCUT2D eigenvalue weighted by Gasteiger charge is 2.40. The minimum Gasteiger partial charge on any atom is -0.236 e. The van der Waals surface area contributed by atoms with E-state index in [9.17, 15) is 4.39 Å². The van der Waals surface area contributed by atoms with E-state index < -0.39 is 0 Å². The number of halogens is 2. The lowest BCUT2D eigenvalue weighted by atomic mass is 9.83. The molecule has 190 valence electrons. The zero-order chi connectivity index (χ0) is 24.9. The van der Waals surface area contributed by atoms with Gasteiger partial charge in [-0.25, -0.2) is 28.7 Å². The highest BCUT2D eigenvalue weighted by molar-refractivity contribution is 8.00. The molecule has 3 aliphatic carbocycles. The Hall–Kier alpha value is -2.32. The Morgan fingerprint density at radius 3 is 2.41 bits per heavy atom. The van der Waals surface area contributed by atoms with Crippen molar-refractivity contribution in [1.29, 1.82) is 0 Å². The lowest BCUT2D eigenvalue weighted by Crippen LogP contribution is -2.17. The third kappa shape index (κ3) is 4.60. The van der Waals surface area contributed by atoms with Crippen molar-refractivity contribution in [1.82, 2.24) is 19.9 Å². The monoisotopic (exact) mass is 534 g/mol. The molecule has 8 heteroatoms. The van der Waals surface area contributed by atoms with Crippen LogP contribution in [0.4, 0.5) is 8.78 Å². The smallest absolute Gasteiger partial charge is 0.124 e. The summed E-state index contributed by atoms with van der Waals surface area (Å²) in [6.45, 7) is 0. The fourth-order valence-corrected chi connectivity index (χ4v) is 9.62. The van der Waals surface area contributed by atoms with Crippen LogP contribution in [0.3, 0.4) is 0 Å². The molecule has 5 unspecified atom stereocenters. The van der Waals surface area contributed by atoms with Gasteiger partial charge in [-0.1, -0.05) is 12.8 Å². The molecule has 0 N–H and O–H groups in total. The standard InChI is InChI=1S/C29H28F2N4S2/c30-19-6-7-25-23(11-19)28(34-14-32-25)36-21-3-1-2-17(10-21)22-12-20(31)13-24-27(22)33-15-35-29(24)37-26-9-16-4-5-18(26)8-16/h6-7,11-18,21,26H,1-5,8-10H2. The van der Waals surface area contributed by atoms with Crippen LogP contribution in [0.1, 0.15) is 62.8 Å². The van der Waals surface area contributed by atoms with Gasteiger partial charge in [-0.2, -0.15) is 0 Å². The molecule has 0 amide bonds. The summed E-state index contributed by atoms with van der Waals surface area (Å²) in [5.41, 5.74) is 2.64. The molecule has 0 aliphatic heterocycles. The van der Waals surface area contributed by atoms with Crippen LogP contribution in [0.5, 0.6) is 0 Å². The van der Waals surface area contributed by atoms with Gasteiger partial charge < -0.3 is 0 Å². The molecule has 4 nitrogen and oxygen atoms in total. The van der Waals surface area contributed by atoms with E-state index in [4.69, 9.17) is 0 Å². The van der Waals surface area contributed by atoms with Crippen LogP contribution in [0.15, 0.2) is 53.0 Å². The zero-order valence-corrected chi connectivity index (χ0v) is 22.1. The number of benzene rings is 2. The molecule has 0 saturated heterocycles. The average molecular weight is 535 g/mol. The van der Waals surface area contributed by atoms with Gasteiger partial charge in [0.1, 0.15) is 34.3 Å². The van der Waals surface area contributed by atoms with Crippen LogP contribution in [-0.4, -0.2) is 30.4 Å². The van der Waals surface area contributed by atoms with Crippen molar-refractivity contribution in [2.45, 2.75) is 77.8 Å². The van der Waals surface area contributed by atoms with Gasteiger partial charge in [-0.05, 0) is 92.2 Å². The maximum atomic E-state index is 15.0. The first kappa shape index (κ1) is 23.8. The van der Waals surface area contributed by atoms with Gasteiger partial charge in [0, 0.05) is 21.3 Å².